The van der Waals surface area contributed by atoms with E-state index in [0.717, 1.165) is 11.3 Å². The van der Waals surface area contributed by atoms with Crippen LogP contribution in [-0.4, -0.2) is 26.2 Å². The number of amides is 1. The van der Waals surface area contributed by atoms with Crippen LogP contribution in [0.3, 0.4) is 0 Å². The van der Waals surface area contributed by atoms with Crippen LogP contribution in [-0.2, 0) is 11.3 Å². The summed E-state index contributed by atoms with van der Waals surface area (Å²) in [6, 6.07) is 15.3. The largest absolute Gasteiger partial charge is 0.496 e. The number of para-hydroxylation sites is 3. The number of methoxy groups -OCH3 is 1. The molecule has 0 unspecified atom stereocenters. The van der Waals surface area contributed by atoms with Crippen LogP contribution in [0.1, 0.15) is 18.9 Å². The predicted molar refractivity (Wildman–Crippen MR) is 95.6 cm³/mol. The number of benzene rings is 2. The van der Waals surface area contributed by atoms with Crippen LogP contribution < -0.4 is 20.1 Å². The molecule has 2 aromatic rings. The molecule has 1 amide bonds. The molecule has 2 N–H and O–H groups in total. The number of ether oxygens (including phenoxy) is 2. The molecule has 0 aliphatic rings. The van der Waals surface area contributed by atoms with Crippen molar-refractivity contribution in [3.63, 3.8) is 0 Å². The maximum absolute atomic E-state index is 12.1. The molecule has 5 nitrogen and oxygen atoms in total. The van der Waals surface area contributed by atoms with E-state index in [2.05, 4.69) is 10.6 Å². The molecule has 0 bridgehead atoms. The second-order valence-electron chi connectivity index (χ2n) is 5.22. The molecular weight excluding hydrogens is 304 g/mol. The molecule has 128 valence electrons. The average molecular weight is 328 g/mol. The van der Waals surface area contributed by atoms with Gasteiger partial charge in [0.2, 0.25) is 5.91 Å². The van der Waals surface area contributed by atoms with Gasteiger partial charge in [-0.2, -0.15) is 0 Å². The molecule has 0 atom stereocenters. The van der Waals surface area contributed by atoms with Gasteiger partial charge in [0, 0.05) is 25.1 Å². The molecule has 0 radical (unpaired) electrons. The van der Waals surface area contributed by atoms with Crippen LogP contribution in [0.2, 0.25) is 0 Å². The minimum absolute atomic E-state index is 0.0466. The number of hydrogen-bond donors (Lipinski definition) is 2. The third-order valence-electron chi connectivity index (χ3n) is 3.50. The van der Waals surface area contributed by atoms with Gasteiger partial charge in [-0.25, -0.2) is 0 Å². The van der Waals surface area contributed by atoms with Crippen LogP contribution in [0.5, 0.6) is 11.5 Å². The Morgan fingerprint density at radius 2 is 1.75 bits per heavy atom. The standard InChI is InChI=1S/C19H24N2O3/c1-3-24-18-11-7-5-9-16(18)21-19(22)12-13-20-14-15-8-4-6-10-17(15)23-2/h4-11,20H,3,12-14H2,1-2H3,(H,21,22). The molecule has 5 heteroatoms. The summed E-state index contributed by atoms with van der Waals surface area (Å²) in [5.74, 6) is 1.49. The fourth-order valence-corrected chi connectivity index (χ4v) is 2.34. The van der Waals surface area contributed by atoms with Crippen molar-refractivity contribution < 1.29 is 14.3 Å². The number of anilines is 1. The van der Waals surface area contributed by atoms with Gasteiger partial charge in [0.05, 0.1) is 19.4 Å². The first kappa shape index (κ1) is 17.8. The van der Waals surface area contributed by atoms with Crippen LogP contribution >= 0.6 is 0 Å². The zero-order chi connectivity index (χ0) is 17.2. The molecule has 24 heavy (non-hydrogen) atoms. The second-order valence-corrected chi connectivity index (χ2v) is 5.22. The van der Waals surface area contributed by atoms with Crippen LogP contribution in [0.15, 0.2) is 48.5 Å². The highest BCUT2D eigenvalue weighted by Gasteiger charge is 2.07. The van der Waals surface area contributed by atoms with Crippen LogP contribution in [0.4, 0.5) is 5.69 Å². The van der Waals surface area contributed by atoms with Gasteiger partial charge in [0.1, 0.15) is 11.5 Å². The number of rotatable bonds is 9. The average Bonchev–Trinajstić information content (AvgIpc) is 2.61. The van der Waals surface area contributed by atoms with E-state index in [9.17, 15) is 4.79 Å². The van der Waals surface area contributed by atoms with Crippen molar-refractivity contribution in [2.45, 2.75) is 19.9 Å². The van der Waals surface area contributed by atoms with Crippen molar-refractivity contribution in [2.24, 2.45) is 0 Å². The zero-order valence-corrected chi connectivity index (χ0v) is 14.2. The quantitative estimate of drug-likeness (QED) is 0.694. The van der Waals surface area contributed by atoms with Gasteiger partial charge in [0.15, 0.2) is 0 Å². The van der Waals surface area contributed by atoms with Crippen molar-refractivity contribution in [2.75, 3.05) is 25.6 Å². The highest BCUT2D eigenvalue weighted by atomic mass is 16.5. The first-order valence-electron chi connectivity index (χ1n) is 8.09. The summed E-state index contributed by atoms with van der Waals surface area (Å²) in [5.41, 5.74) is 1.77. The Hall–Kier alpha value is -2.53. The van der Waals surface area contributed by atoms with Crippen molar-refractivity contribution in [1.82, 2.24) is 5.32 Å². The van der Waals surface area contributed by atoms with Gasteiger partial charge in [-0.05, 0) is 25.1 Å². The molecule has 0 aromatic heterocycles. The Kier molecular flexibility index (Phi) is 7.11. The summed E-state index contributed by atoms with van der Waals surface area (Å²) in [5, 5.41) is 6.15. The third kappa shape index (κ3) is 5.28. The third-order valence-corrected chi connectivity index (χ3v) is 3.50. The Labute approximate surface area is 143 Å². The maximum atomic E-state index is 12.1. The lowest BCUT2D eigenvalue weighted by Gasteiger charge is -2.12. The summed E-state index contributed by atoms with van der Waals surface area (Å²) in [7, 11) is 1.65. The normalized spacial score (nSPS) is 10.2. The van der Waals surface area contributed by atoms with Crippen molar-refractivity contribution in [1.29, 1.82) is 0 Å². The number of carbonyl (C=O) groups is 1. The smallest absolute Gasteiger partial charge is 0.225 e. The van der Waals surface area contributed by atoms with Gasteiger partial charge in [-0.15, -0.1) is 0 Å². The highest BCUT2D eigenvalue weighted by Crippen LogP contribution is 2.23. The minimum atomic E-state index is -0.0466. The van der Waals surface area contributed by atoms with Crippen LogP contribution in [0, 0.1) is 0 Å². The van der Waals surface area contributed by atoms with E-state index in [-0.39, 0.29) is 5.91 Å². The summed E-state index contributed by atoms with van der Waals surface area (Å²) >= 11 is 0. The number of nitrogens with one attached hydrogen (secondary N) is 2. The lowest BCUT2D eigenvalue weighted by Crippen LogP contribution is -2.22. The molecule has 0 saturated carbocycles. The number of carbonyl (C=O) groups excluding carboxylic acids is 1. The van der Waals surface area contributed by atoms with Gasteiger partial charge >= 0.3 is 0 Å². The van der Waals surface area contributed by atoms with Crippen molar-refractivity contribution in [3.05, 3.63) is 54.1 Å². The van der Waals surface area contributed by atoms with E-state index in [1.807, 2.05) is 55.5 Å². The summed E-state index contributed by atoms with van der Waals surface area (Å²) in [6.45, 7) is 3.72. The maximum Gasteiger partial charge on any atom is 0.225 e. The summed E-state index contributed by atoms with van der Waals surface area (Å²) in [4.78, 5) is 12.1. The monoisotopic (exact) mass is 328 g/mol. The van der Waals surface area contributed by atoms with E-state index in [0.29, 0.717) is 37.6 Å². The fourth-order valence-electron chi connectivity index (χ4n) is 2.34. The van der Waals surface area contributed by atoms with E-state index >= 15 is 0 Å². The van der Waals surface area contributed by atoms with Gasteiger partial charge in [0.25, 0.3) is 0 Å². The van der Waals surface area contributed by atoms with E-state index < -0.39 is 0 Å². The van der Waals surface area contributed by atoms with E-state index in [4.69, 9.17) is 9.47 Å². The van der Waals surface area contributed by atoms with Crippen molar-refractivity contribution >= 4 is 11.6 Å². The molecule has 0 saturated heterocycles. The van der Waals surface area contributed by atoms with Gasteiger partial charge in [-0.1, -0.05) is 30.3 Å². The molecule has 0 spiro atoms. The van der Waals surface area contributed by atoms with Gasteiger partial charge < -0.3 is 20.1 Å². The van der Waals surface area contributed by atoms with Crippen LogP contribution in [0.25, 0.3) is 0 Å². The molecule has 2 aromatic carbocycles. The molecule has 0 aliphatic carbocycles. The first-order chi connectivity index (χ1) is 11.7. The molecule has 2 rings (SSSR count). The van der Waals surface area contributed by atoms with E-state index in [1.54, 1.807) is 7.11 Å². The molecular formula is C19H24N2O3. The molecule has 0 aliphatic heterocycles. The minimum Gasteiger partial charge on any atom is -0.496 e. The predicted octanol–water partition coefficient (Wildman–Crippen LogP) is 3.21. The summed E-state index contributed by atoms with van der Waals surface area (Å²) < 4.78 is 10.8. The highest BCUT2D eigenvalue weighted by molar-refractivity contribution is 5.92. The topological polar surface area (TPSA) is 59.6 Å². The Morgan fingerprint density at radius 1 is 1.04 bits per heavy atom. The fraction of sp³-hybridized carbons (Fsp3) is 0.316. The SMILES string of the molecule is CCOc1ccccc1NC(=O)CCNCc1ccccc1OC. The lowest BCUT2D eigenvalue weighted by molar-refractivity contribution is -0.116. The summed E-state index contributed by atoms with van der Waals surface area (Å²) in [6.07, 6.45) is 0.385. The Balaban J connectivity index is 1.78. The van der Waals surface area contributed by atoms with Gasteiger partial charge in [-0.3, -0.25) is 4.79 Å². The Morgan fingerprint density at radius 3 is 2.50 bits per heavy atom. The Bertz CT molecular complexity index is 659. The molecule has 0 fully saturated rings. The van der Waals surface area contributed by atoms with E-state index in [1.165, 1.54) is 0 Å². The number of hydrogen-bond acceptors (Lipinski definition) is 4. The van der Waals surface area contributed by atoms with Crippen molar-refractivity contribution in [3.8, 4) is 11.5 Å². The molecule has 0 heterocycles. The second kappa shape index (κ2) is 9.57. The lowest BCUT2D eigenvalue weighted by atomic mass is 10.2. The first-order valence-corrected chi connectivity index (χ1v) is 8.09. The zero-order valence-electron chi connectivity index (χ0n) is 14.2.